The quantitative estimate of drug-likeness (QED) is 0.650. The Labute approximate surface area is 63.9 Å². The summed E-state index contributed by atoms with van der Waals surface area (Å²) < 4.78 is 4.91. The van der Waals surface area contributed by atoms with Gasteiger partial charge in [-0.15, -0.1) is 0 Å². The molecular weight excluding hydrogens is 142 g/mol. The average molecular weight is 149 g/mol. The average Bonchev–Trinajstić information content (AvgIpc) is 2.31. The zero-order valence-electron chi connectivity index (χ0n) is 6.09. The monoisotopic (exact) mass is 149 g/mol. The van der Waals surface area contributed by atoms with Crippen LogP contribution in [0.2, 0.25) is 0 Å². The van der Waals surface area contributed by atoms with Crippen LogP contribution in [0.5, 0.6) is 0 Å². The van der Waals surface area contributed by atoms with Gasteiger partial charge >= 0.3 is 0 Å². The van der Waals surface area contributed by atoms with E-state index in [-0.39, 0.29) is 11.6 Å². The lowest BCUT2D eigenvalue weighted by molar-refractivity contribution is 0.560. The lowest BCUT2D eigenvalue weighted by atomic mass is 10.3. The third-order valence-corrected chi connectivity index (χ3v) is 1.12. The van der Waals surface area contributed by atoms with E-state index in [9.17, 15) is 0 Å². The lowest BCUT2D eigenvalue weighted by Crippen LogP contribution is -1.84. The molecule has 1 rings (SSSR count). The molecule has 0 unspecified atom stereocenters. The molecule has 11 heavy (non-hydrogen) atoms. The van der Waals surface area contributed by atoms with E-state index in [2.05, 4.69) is 11.6 Å². The molecular formula is C7H7N3O. The summed E-state index contributed by atoms with van der Waals surface area (Å²) in [7, 11) is 0. The third kappa shape index (κ3) is 1.22. The van der Waals surface area contributed by atoms with Gasteiger partial charge in [0.1, 0.15) is 6.07 Å². The molecule has 56 valence electrons. The summed E-state index contributed by atoms with van der Waals surface area (Å²) in [4.78, 5) is 3.78. The number of nitrogens with zero attached hydrogens (tertiary/aromatic N) is 2. The number of nitrogen functional groups attached to an aromatic ring is 1. The molecule has 1 aromatic rings. The highest BCUT2D eigenvalue weighted by molar-refractivity contribution is 5.56. The van der Waals surface area contributed by atoms with Crippen molar-refractivity contribution in [2.45, 2.75) is 6.92 Å². The molecule has 0 amide bonds. The fourth-order valence-corrected chi connectivity index (χ4v) is 0.595. The van der Waals surface area contributed by atoms with E-state index in [0.29, 0.717) is 11.5 Å². The molecule has 0 saturated carbocycles. The van der Waals surface area contributed by atoms with E-state index in [1.165, 1.54) is 0 Å². The minimum atomic E-state index is 0.0468. The molecule has 0 aliphatic rings. The molecule has 0 saturated heterocycles. The van der Waals surface area contributed by atoms with Crippen LogP contribution in [0.1, 0.15) is 18.5 Å². The second kappa shape index (κ2) is 2.46. The van der Waals surface area contributed by atoms with Crippen LogP contribution >= 0.6 is 0 Å². The zero-order chi connectivity index (χ0) is 8.43. The molecule has 0 radical (unpaired) electrons. The van der Waals surface area contributed by atoms with Gasteiger partial charge in [0.05, 0.1) is 0 Å². The maximum Gasteiger partial charge on any atom is 0.229 e. The van der Waals surface area contributed by atoms with Gasteiger partial charge in [0.2, 0.25) is 17.5 Å². The molecule has 0 fully saturated rings. The molecule has 0 aliphatic heterocycles. The lowest BCUT2D eigenvalue weighted by Gasteiger charge is -1.85. The zero-order valence-corrected chi connectivity index (χ0v) is 6.09. The molecule has 0 spiro atoms. The molecule has 0 atom stereocenters. The van der Waals surface area contributed by atoms with Gasteiger partial charge in [0.15, 0.2) is 0 Å². The number of anilines is 1. The van der Waals surface area contributed by atoms with E-state index in [4.69, 9.17) is 15.4 Å². The summed E-state index contributed by atoms with van der Waals surface area (Å²) in [6, 6.07) is 1.80. The van der Waals surface area contributed by atoms with E-state index in [1.54, 1.807) is 13.0 Å². The van der Waals surface area contributed by atoms with E-state index in [0.717, 1.165) is 0 Å². The normalized spacial score (nSPS) is 9.09. The molecule has 0 aliphatic carbocycles. The van der Waals surface area contributed by atoms with Crippen molar-refractivity contribution in [1.82, 2.24) is 4.98 Å². The number of hydrogen-bond acceptors (Lipinski definition) is 4. The number of oxazole rings is 1. The summed E-state index contributed by atoms with van der Waals surface area (Å²) in [5.41, 5.74) is 6.06. The van der Waals surface area contributed by atoms with Crippen LogP contribution < -0.4 is 5.73 Å². The van der Waals surface area contributed by atoms with Crippen molar-refractivity contribution < 1.29 is 4.42 Å². The molecule has 0 bridgehead atoms. The van der Waals surface area contributed by atoms with Crippen LogP contribution in [0.3, 0.4) is 0 Å². The van der Waals surface area contributed by atoms with Crippen molar-refractivity contribution in [3.05, 3.63) is 18.2 Å². The first-order chi connectivity index (χ1) is 5.15. The number of nitriles is 1. The molecule has 4 nitrogen and oxygen atoms in total. The van der Waals surface area contributed by atoms with Crippen molar-refractivity contribution in [1.29, 1.82) is 5.26 Å². The highest BCUT2D eigenvalue weighted by Crippen LogP contribution is 2.16. The van der Waals surface area contributed by atoms with Gasteiger partial charge < -0.3 is 10.2 Å². The van der Waals surface area contributed by atoms with Gasteiger partial charge in [-0.3, -0.25) is 0 Å². The van der Waals surface area contributed by atoms with Crippen LogP contribution in [0, 0.1) is 11.3 Å². The van der Waals surface area contributed by atoms with Gasteiger partial charge in [-0.2, -0.15) is 10.2 Å². The van der Waals surface area contributed by atoms with Crippen molar-refractivity contribution in [3.8, 4) is 6.07 Å². The predicted molar refractivity (Wildman–Crippen MR) is 40.3 cm³/mol. The van der Waals surface area contributed by atoms with Crippen LogP contribution in [0.15, 0.2) is 11.0 Å². The topological polar surface area (TPSA) is 75.8 Å². The Morgan fingerprint density at radius 1 is 1.82 bits per heavy atom. The number of aromatic nitrogens is 1. The Morgan fingerprint density at radius 2 is 2.45 bits per heavy atom. The molecule has 4 heteroatoms. The molecule has 0 aromatic carbocycles. The summed E-state index contributed by atoms with van der Waals surface area (Å²) in [5.74, 6) is 0.365. The maximum absolute atomic E-state index is 8.43. The van der Waals surface area contributed by atoms with E-state index < -0.39 is 0 Å². The first-order valence-corrected chi connectivity index (χ1v) is 2.97. The van der Waals surface area contributed by atoms with Crippen LogP contribution in [0.25, 0.3) is 5.57 Å². The summed E-state index contributed by atoms with van der Waals surface area (Å²) in [6.07, 6.45) is 0. The summed E-state index contributed by atoms with van der Waals surface area (Å²) in [5, 5.41) is 8.43. The largest absolute Gasteiger partial charge is 0.420 e. The van der Waals surface area contributed by atoms with E-state index >= 15 is 0 Å². The summed E-state index contributed by atoms with van der Waals surface area (Å²) >= 11 is 0. The number of allylic oxidation sites excluding steroid dienone is 1. The van der Waals surface area contributed by atoms with Crippen LogP contribution in [-0.4, -0.2) is 4.98 Å². The van der Waals surface area contributed by atoms with Gasteiger partial charge in [-0.1, -0.05) is 6.58 Å². The van der Waals surface area contributed by atoms with Crippen molar-refractivity contribution in [2.75, 3.05) is 5.73 Å². The number of hydrogen-bond donors (Lipinski definition) is 1. The second-order valence-corrected chi connectivity index (χ2v) is 2.12. The first-order valence-electron chi connectivity index (χ1n) is 2.97. The van der Waals surface area contributed by atoms with Gasteiger partial charge in [-0.05, 0) is 6.92 Å². The predicted octanol–water partition coefficient (Wildman–Crippen LogP) is 1.16. The first kappa shape index (κ1) is 7.35. The van der Waals surface area contributed by atoms with E-state index in [1.807, 2.05) is 0 Å². The van der Waals surface area contributed by atoms with Gasteiger partial charge in [0, 0.05) is 5.57 Å². The van der Waals surface area contributed by atoms with Crippen LogP contribution in [-0.2, 0) is 0 Å². The Kier molecular flexibility index (Phi) is 1.65. The smallest absolute Gasteiger partial charge is 0.229 e. The highest BCUT2D eigenvalue weighted by atomic mass is 16.4. The molecule has 2 N–H and O–H groups in total. The van der Waals surface area contributed by atoms with Gasteiger partial charge in [0.25, 0.3) is 0 Å². The standard InChI is InChI=1S/C7H7N3O/c1-4(2)7-10-5(3-8)6(9)11-7/h1,9H2,2H3. The maximum atomic E-state index is 8.43. The minimum Gasteiger partial charge on any atom is -0.420 e. The molecule has 1 heterocycles. The SMILES string of the molecule is C=C(C)c1nc(C#N)c(N)o1. The van der Waals surface area contributed by atoms with Crippen LogP contribution in [0.4, 0.5) is 5.88 Å². The Morgan fingerprint density at radius 3 is 2.73 bits per heavy atom. The van der Waals surface area contributed by atoms with Crippen molar-refractivity contribution in [2.24, 2.45) is 0 Å². The minimum absolute atomic E-state index is 0.0468. The number of rotatable bonds is 1. The fraction of sp³-hybridized carbons (Fsp3) is 0.143. The van der Waals surface area contributed by atoms with Gasteiger partial charge in [-0.25, -0.2) is 0 Å². The second-order valence-electron chi connectivity index (χ2n) is 2.12. The Hall–Kier alpha value is -1.76. The van der Waals surface area contributed by atoms with Crippen molar-refractivity contribution in [3.63, 3.8) is 0 Å². The summed E-state index contributed by atoms with van der Waals surface area (Å²) in [6.45, 7) is 5.32. The Bertz CT molecular complexity index is 332. The van der Waals surface area contributed by atoms with Crippen molar-refractivity contribution >= 4 is 11.5 Å². The highest BCUT2D eigenvalue weighted by Gasteiger charge is 2.08. The molecule has 1 aromatic heterocycles. The fourth-order valence-electron chi connectivity index (χ4n) is 0.595. The number of nitrogens with two attached hydrogens (primary N) is 1. The third-order valence-electron chi connectivity index (χ3n) is 1.12. The Balaban J connectivity index is 3.18.